The fraction of sp³-hybridized carbons (Fsp3) is 0.278. The number of aryl methyl sites for hydroxylation is 2. The Bertz CT molecular complexity index is 789. The molecule has 3 rings (SSSR count). The molecule has 2 heterocycles. The van der Waals surface area contributed by atoms with Crippen molar-refractivity contribution in [2.45, 2.75) is 13.8 Å². The Kier molecular flexibility index (Phi) is 4.83. The van der Waals surface area contributed by atoms with Gasteiger partial charge in [0.1, 0.15) is 12.3 Å². The molecule has 1 aromatic carbocycles. The first-order valence-electron chi connectivity index (χ1n) is 8.05. The first-order valence-corrected chi connectivity index (χ1v) is 8.05. The van der Waals surface area contributed by atoms with Gasteiger partial charge in [-0.15, -0.1) is 0 Å². The van der Waals surface area contributed by atoms with E-state index in [1.807, 2.05) is 32.0 Å². The number of rotatable bonds is 3. The van der Waals surface area contributed by atoms with Gasteiger partial charge in [-0.05, 0) is 43.2 Å². The van der Waals surface area contributed by atoms with E-state index in [1.54, 1.807) is 12.1 Å². The van der Waals surface area contributed by atoms with Gasteiger partial charge in [0.05, 0.1) is 11.9 Å². The molecule has 7 heteroatoms. The van der Waals surface area contributed by atoms with E-state index in [0.29, 0.717) is 30.4 Å². The monoisotopic (exact) mass is 340 g/mol. The third kappa shape index (κ3) is 4.26. The summed E-state index contributed by atoms with van der Waals surface area (Å²) in [5.41, 5.74) is 2.89. The molecule has 1 fully saturated rings. The van der Waals surface area contributed by atoms with Crippen molar-refractivity contribution in [2.24, 2.45) is 0 Å². The van der Waals surface area contributed by atoms with E-state index in [1.165, 1.54) is 16.7 Å². The van der Waals surface area contributed by atoms with Crippen molar-refractivity contribution in [3.8, 4) is 11.6 Å². The molecule has 25 heavy (non-hydrogen) atoms. The molecule has 0 radical (unpaired) electrons. The van der Waals surface area contributed by atoms with Crippen molar-refractivity contribution in [1.29, 1.82) is 0 Å². The van der Waals surface area contributed by atoms with Gasteiger partial charge in [0.15, 0.2) is 0 Å². The Morgan fingerprint density at radius 1 is 1.24 bits per heavy atom. The zero-order valence-corrected chi connectivity index (χ0v) is 14.2. The zero-order valence-electron chi connectivity index (χ0n) is 14.2. The number of hydrogen-bond donors (Lipinski definition) is 2. The minimum absolute atomic E-state index is 0.0627. The molecule has 0 saturated carbocycles. The maximum Gasteiger partial charge on any atom is 0.322 e. The topological polar surface area (TPSA) is 83.6 Å². The van der Waals surface area contributed by atoms with Crippen molar-refractivity contribution in [1.82, 2.24) is 15.2 Å². The largest absolute Gasteiger partial charge is 0.439 e. The maximum absolute atomic E-state index is 12.1. The fourth-order valence-corrected chi connectivity index (χ4v) is 2.43. The summed E-state index contributed by atoms with van der Waals surface area (Å²) in [6.45, 7) is 5.08. The number of hydrogen-bond acceptors (Lipinski definition) is 4. The third-order valence-electron chi connectivity index (χ3n) is 4.01. The molecule has 2 aromatic rings. The summed E-state index contributed by atoms with van der Waals surface area (Å²) in [7, 11) is 0. The van der Waals surface area contributed by atoms with E-state index in [4.69, 9.17) is 4.74 Å². The highest BCUT2D eigenvalue weighted by Gasteiger charge is 2.21. The number of carbonyl (C=O) groups excluding carboxylic acids is 2. The van der Waals surface area contributed by atoms with Crippen LogP contribution in [0.3, 0.4) is 0 Å². The van der Waals surface area contributed by atoms with Gasteiger partial charge in [0, 0.05) is 19.2 Å². The predicted molar refractivity (Wildman–Crippen MR) is 93.8 cm³/mol. The van der Waals surface area contributed by atoms with Gasteiger partial charge < -0.3 is 20.3 Å². The van der Waals surface area contributed by atoms with Crippen molar-refractivity contribution >= 4 is 17.6 Å². The van der Waals surface area contributed by atoms with Gasteiger partial charge in [-0.3, -0.25) is 4.79 Å². The Balaban J connectivity index is 1.60. The second kappa shape index (κ2) is 7.21. The van der Waals surface area contributed by atoms with Crippen molar-refractivity contribution in [3.05, 3.63) is 47.7 Å². The summed E-state index contributed by atoms with van der Waals surface area (Å²) in [6, 6.07) is 8.92. The van der Waals surface area contributed by atoms with Crippen LogP contribution in [-0.4, -0.2) is 41.5 Å². The summed E-state index contributed by atoms with van der Waals surface area (Å²) in [5, 5.41) is 5.41. The van der Waals surface area contributed by atoms with E-state index in [9.17, 15) is 9.59 Å². The Morgan fingerprint density at radius 2 is 2.08 bits per heavy atom. The number of carbonyl (C=O) groups is 2. The highest BCUT2D eigenvalue weighted by Crippen LogP contribution is 2.23. The van der Waals surface area contributed by atoms with E-state index in [2.05, 4.69) is 15.6 Å². The molecule has 7 nitrogen and oxygen atoms in total. The van der Waals surface area contributed by atoms with Crippen LogP contribution in [0.1, 0.15) is 11.1 Å². The summed E-state index contributed by atoms with van der Waals surface area (Å²) >= 11 is 0. The van der Waals surface area contributed by atoms with Gasteiger partial charge in [-0.2, -0.15) is 0 Å². The molecule has 130 valence electrons. The smallest absolute Gasteiger partial charge is 0.322 e. The van der Waals surface area contributed by atoms with Crippen LogP contribution in [0, 0.1) is 13.8 Å². The number of anilines is 1. The number of urea groups is 1. The zero-order chi connectivity index (χ0) is 17.8. The average Bonchev–Trinajstić information content (AvgIpc) is 2.60. The van der Waals surface area contributed by atoms with E-state index in [-0.39, 0.29) is 18.5 Å². The number of nitrogens with zero attached hydrogens (tertiary/aromatic N) is 2. The fourth-order valence-electron chi connectivity index (χ4n) is 2.43. The normalized spacial score (nSPS) is 14.0. The summed E-state index contributed by atoms with van der Waals surface area (Å²) < 4.78 is 5.72. The molecule has 1 aromatic heterocycles. The van der Waals surface area contributed by atoms with E-state index in [0.717, 1.165) is 5.56 Å². The Labute approximate surface area is 146 Å². The summed E-state index contributed by atoms with van der Waals surface area (Å²) in [5.74, 6) is 1.00. The summed E-state index contributed by atoms with van der Waals surface area (Å²) in [4.78, 5) is 29.1. The van der Waals surface area contributed by atoms with Gasteiger partial charge in [-0.1, -0.05) is 6.07 Å². The second-order valence-electron chi connectivity index (χ2n) is 5.93. The second-order valence-corrected chi connectivity index (χ2v) is 5.93. The molecular formula is C18H20N4O3. The molecule has 0 bridgehead atoms. The SMILES string of the molecule is Cc1ccc(Oc2ccc(NC(=O)N3CCNC(=O)C3)cn2)cc1C. The van der Waals surface area contributed by atoms with Crippen LogP contribution >= 0.6 is 0 Å². The molecule has 0 atom stereocenters. The quantitative estimate of drug-likeness (QED) is 0.899. The average molecular weight is 340 g/mol. The van der Waals surface area contributed by atoms with E-state index >= 15 is 0 Å². The molecule has 1 aliphatic heterocycles. The van der Waals surface area contributed by atoms with Gasteiger partial charge in [0.25, 0.3) is 0 Å². The number of aromatic nitrogens is 1. The molecule has 1 saturated heterocycles. The molecule has 0 unspecified atom stereocenters. The van der Waals surface area contributed by atoms with Crippen LogP contribution < -0.4 is 15.4 Å². The molecular weight excluding hydrogens is 320 g/mol. The van der Waals surface area contributed by atoms with Crippen LogP contribution in [0.15, 0.2) is 36.5 Å². The number of benzene rings is 1. The minimum atomic E-state index is -0.320. The van der Waals surface area contributed by atoms with Crippen molar-refractivity contribution in [3.63, 3.8) is 0 Å². The molecule has 1 aliphatic rings. The number of ether oxygens (including phenoxy) is 1. The van der Waals surface area contributed by atoms with Gasteiger partial charge >= 0.3 is 6.03 Å². The number of amides is 3. The molecule has 0 aliphatic carbocycles. The predicted octanol–water partition coefficient (Wildman–Crippen LogP) is 2.45. The van der Waals surface area contributed by atoms with Crippen LogP contribution in [-0.2, 0) is 4.79 Å². The first kappa shape index (κ1) is 16.8. The number of piperazine rings is 1. The van der Waals surface area contributed by atoms with Crippen LogP contribution in [0.5, 0.6) is 11.6 Å². The number of pyridine rings is 1. The van der Waals surface area contributed by atoms with Gasteiger partial charge in [-0.25, -0.2) is 9.78 Å². The van der Waals surface area contributed by atoms with Crippen LogP contribution in [0.25, 0.3) is 0 Å². The lowest BCUT2D eigenvalue weighted by Gasteiger charge is -2.26. The van der Waals surface area contributed by atoms with Crippen LogP contribution in [0.4, 0.5) is 10.5 Å². The Hall–Kier alpha value is -3.09. The minimum Gasteiger partial charge on any atom is -0.439 e. The lowest BCUT2D eigenvalue weighted by atomic mass is 10.1. The lowest BCUT2D eigenvalue weighted by molar-refractivity contribution is -0.123. The third-order valence-corrected chi connectivity index (χ3v) is 4.01. The summed E-state index contributed by atoms with van der Waals surface area (Å²) in [6.07, 6.45) is 1.53. The lowest BCUT2D eigenvalue weighted by Crippen LogP contribution is -2.51. The molecule has 0 spiro atoms. The maximum atomic E-state index is 12.1. The van der Waals surface area contributed by atoms with E-state index < -0.39 is 0 Å². The van der Waals surface area contributed by atoms with Crippen molar-refractivity contribution < 1.29 is 14.3 Å². The number of nitrogens with one attached hydrogen (secondary N) is 2. The van der Waals surface area contributed by atoms with Crippen LogP contribution in [0.2, 0.25) is 0 Å². The highest BCUT2D eigenvalue weighted by atomic mass is 16.5. The first-order chi connectivity index (χ1) is 12.0. The van der Waals surface area contributed by atoms with Crippen molar-refractivity contribution in [2.75, 3.05) is 25.0 Å². The Morgan fingerprint density at radius 3 is 2.76 bits per heavy atom. The highest BCUT2D eigenvalue weighted by molar-refractivity contribution is 5.92. The standard InChI is InChI=1S/C18H20N4O3/c1-12-3-5-15(9-13(12)2)25-17-6-4-14(10-20-17)21-18(24)22-8-7-19-16(23)11-22/h3-6,9-10H,7-8,11H2,1-2H3,(H,19,23)(H,21,24). The molecule has 2 N–H and O–H groups in total. The van der Waals surface area contributed by atoms with Gasteiger partial charge in [0.2, 0.25) is 11.8 Å². The molecule has 3 amide bonds.